The quantitative estimate of drug-likeness (QED) is 0.487. The van der Waals surface area contributed by atoms with Crippen LogP contribution in [-0.4, -0.2) is 18.5 Å². The van der Waals surface area contributed by atoms with Gasteiger partial charge >= 0.3 is 0 Å². The molecular weight excluding hydrogens is 123 g/mol. The minimum Gasteiger partial charge on any atom is -0.307 e. The van der Waals surface area contributed by atoms with Crippen molar-refractivity contribution in [2.75, 3.05) is 11.8 Å². The summed E-state index contributed by atoms with van der Waals surface area (Å²) in [5.41, 5.74) is 0. The highest BCUT2D eigenvalue weighted by molar-refractivity contribution is 6.25. The van der Waals surface area contributed by atoms with Gasteiger partial charge in [0.15, 0.2) is 0 Å². The molecular formula is C3H6Cl2O. The maximum Gasteiger partial charge on any atom is 0.106 e. The normalized spacial score (nSPS) is 5.67. The molecule has 0 N–H and O–H groups in total. The number of halogens is 2. The molecule has 0 radical (unpaired) electrons. The monoisotopic (exact) mass is 128 g/mol. The third-order valence-corrected chi connectivity index (χ3v) is 0.643. The molecule has 6 heavy (non-hydrogen) atoms. The standard InChI is InChI=1S/C2H4Cl2.CH2O/c3-1-2-4;1-2/h1-2H2;1H2. The van der Waals surface area contributed by atoms with E-state index < -0.39 is 0 Å². The van der Waals surface area contributed by atoms with E-state index in [1.54, 1.807) is 0 Å². The van der Waals surface area contributed by atoms with Crippen LogP contribution < -0.4 is 0 Å². The van der Waals surface area contributed by atoms with Crippen LogP contribution >= 0.6 is 23.2 Å². The Balaban J connectivity index is 0. The zero-order chi connectivity index (χ0) is 5.41. The molecule has 0 aliphatic heterocycles. The van der Waals surface area contributed by atoms with E-state index in [9.17, 15) is 0 Å². The zero-order valence-corrected chi connectivity index (χ0v) is 4.80. The average molecular weight is 129 g/mol. The van der Waals surface area contributed by atoms with Crippen molar-refractivity contribution in [1.29, 1.82) is 0 Å². The summed E-state index contributed by atoms with van der Waals surface area (Å²) in [4.78, 5) is 8.00. The van der Waals surface area contributed by atoms with E-state index in [-0.39, 0.29) is 0 Å². The molecule has 0 bridgehead atoms. The fourth-order valence-electron chi connectivity index (χ4n) is 0. The molecule has 0 saturated carbocycles. The second-order valence-corrected chi connectivity index (χ2v) is 1.13. The molecule has 0 amide bonds. The van der Waals surface area contributed by atoms with Gasteiger partial charge in [-0.25, -0.2) is 0 Å². The van der Waals surface area contributed by atoms with Crippen molar-refractivity contribution < 1.29 is 4.79 Å². The summed E-state index contributed by atoms with van der Waals surface area (Å²) < 4.78 is 0. The summed E-state index contributed by atoms with van der Waals surface area (Å²) >= 11 is 10.1. The van der Waals surface area contributed by atoms with Crippen LogP contribution in [0.5, 0.6) is 0 Å². The molecule has 3 heteroatoms. The van der Waals surface area contributed by atoms with Crippen molar-refractivity contribution in [3.63, 3.8) is 0 Å². The molecule has 0 heterocycles. The van der Waals surface area contributed by atoms with Crippen molar-refractivity contribution >= 4 is 30.0 Å². The third-order valence-electron chi connectivity index (χ3n) is 0.0714. The van der Waals surface area contributed by atoms with Crippen molar-refractivity contribution in [3.8, 4) is 0 Å². The number of rotatable bonds is 1. The molecule has 0 spiro atoms. The molecule has 0 unspecified atom stereocenters. The highest BCUT2D eigenvalue weighted by Crippen LogP contribution is 1.75. The largest absolute Gasteiger partial charge is 0.307 e. The Labute approximate surface area is 47.2 Å². The van der Waals surface area contributed by atoms with Gasteiger partial charge in [-0.2, -0.15) is 0 Å². The van der Waals surface area contributed by atoms with Crippen LogP contribution in [0.25, 0.3) is 0 Å². The second-order valence-electron chi connectivity index (χ2n) is 0.378. The van der Waals surface area contributed by atoms with E-state index in [4.69, 9.17) is 28.0 Å². The maximum atomic E-state index is 8.00. The topological polar surface area (TPSA) is 17.1 Å². The predicted octanol–water partition coefficient (Wildman–Crippen LogP) is 1.28. The van der Waals surface area contributed by atoms with Gasteiger partial charge in [-0.05, 0) is 0 Å². The SMILES string of the molecule is C=O.ClCCCl. The number of alkyl halides is 2. The van der Waals surface area contributed by atoms with Gasteiger partial charge in [0, 0.05) is 11.8 Å². The number of hydrogen-bond donors (Lipinski definition) is 0. The van der Waals surface area contributed by atoms with E-state index in [0.29, 0.717) is 11.8 Å². The lowest BCUT2D eigenvalue weighted by molar-refractivity contribution is -0.0979. The lowest BCUT2D eigenvalue weighted by atomic mass is 11.0. The predicted molar refractivity (Wildman–Crippen MR) is 28.6 cm³/mol. The number of carbonyl (C=O) groups excluding carboxylic acids is 1. The minimum atomic E-state index is 0.557. The molecule has 38 valence electrons. The molecule has 1 nitrogen and oxygen atoms in total. The molecule has 0 aromatic heterocycles. The summed E-state index contributed by atoms with van der Waals surface area (Å²) in [6.45, 7) is 2.00. The van der Waals surface area contributed by atoms with Crippen molar-refractivity contribution in [1.82, 2.24) is 0 Å². The van der Waals surface area contributed by atoms with Crippen LogP contribution in [0, 0.1) is 0 Å². The van der Waals surface area contributed by atoms with Gasteiger partial charge in [-0.3, -0.25) is 0 Å². The van der Waals surface area contributed by atoms with E-state index in [1.165, 1.54) is 0 Å². The Bertz CT molecular complexity index is 16.3. The first kappa shape index (κ1) is 9.54. The fourth-order valence-corrected chi connectivity index (χ4v) is 0. The summed E-state index contributed by atoms with van der Waals surface area (Å²) in [7, 11) is 0. The van der Waals surface area contributed by atoms with E-state index in [0.717, 1.165) is 0 Å². The zero-order valence-electron chi connectivity index (χ0n) is 3.29. The lowest BCUT2D eigenvalue weighted by Gasteiger charge is -1.63. The molecule has 0 aliphatic carbocycles. The molecule has 0 aromatic carbocycles. The van der Waals surface area contributed by atoms with Crippen molar-refractivity contribution in [3.05, 3.63) is 0 Å². The molecule has 0 aliphatic rings. The fraction of sp³-hybridized carbons (Fsp3) is 0.667. The second kappa shape index (κ2) is 18.7. The number of hydrogen-bond acceptors (Lipinski definition) is 1. The molecule has 0 rings (SSSR count). The lowest BCUT2D eigenvalue weighted by Crippen LogP contribution is -1.63. The van der Waals surface area contributed by atoms with Crippen LogP contribution in [0.2, 0.25) is 0 Å². The van der Waals surface area contributed by atoms with Crippen LogP contribution in [0.3, 0.4) is 0 Å². The van der Waals surface area contributed by atoms with Crippen LogP contribution in [0.15, 0.2) is 0 Å². The smallest absolute Gasteiger partial charge is 0.106 e. The van der Waals surface area contributed by atoms with Crippen LogP contribution in [0.1, 0.15) is 0 Å². The van der Waals surface area contributed by atoms with Gasteiger partial charge in [0.1, 0.15) is 6.79 Å². The summed E-state index contributed by atoms with van der Waals surface area (Å²) in [5.74, 6) is 1.11. The van der Waals surface area contributed by atoms with Gasteiger partial charge in [-0.15, -0.1) is 23.2 Å². The Morgan fingerprint density at radius 3 is 1.33 bits per heavy atom. The van der Waals surface area contributed by atoms with Gasteiger partial charge in [0.05, 0.1) is 0 Å². The first-order chi connectivity index (χ1) is 2.91. The molecule has 0 atom stereocenters. The summed E-state index contributed by atoms with van der Waals surface area (Å²) in [6.07, 6.45) is 0. The van der Waals surface area contributed by atoms with Gasteiger partial charge in [0.2, 0.25) is 0 Å². The number of carbonyl (C=O) groups is 1. The Hall–Kier alpha value is 0.250. The van der Waals surface area contributed by atoms with E-state index in [2.05, 4.69) is 0 Å². The van der Waals surface area contributed by atoms with Gasteiger partial charge in [-0.1, -0.05) is 0 Å². The van der Waals surface area contributed by atoms with Crippen LogP contribution in [0.4, 0.5) is 0 Å². The Morgan fingerprint density at radius 2 is 1.33 bits per heavy atom. The van der Waals surface area contributed by atoms with Crippen molar-refractivity contribution in [2.45, 2.75) is 0 Å². The summed E-state index contributed by atoms with van der Waals surface area (Å²) in [5, 5.41) is 0. The maximum absolute atomic E-state index is 8.00. The third kappa shape index (κ3) is 28.7. The van der Waals surface area contributed by atoms with E-state index in [1.807, 2.05) is 6.79 Å². The minimum absolute atomic E-state index is 0.557. The average Bonchev–Trinajstić information content (AvgIpc) is 1.72. The first-order valence-electron chi connectivity index (χ1n) is 1.32. The van der Waals surface area contributed by atoms with Crippen LogP contribution in [-0.2, 0) is 4.79 Å². The highest BCUT2D eigenvalue weighted by Gasteiger charge is 1.61. The summed E-state index contributed by atoms with van der Waals surface area (Å²) in [6, 6.07) is 0. The van der Waals surface area contributed by atoms with Crippen molar-refractivity contribution in [2.24, 2.45) is 0 Å². The van der Waals surface area contributed by atoms with Gasteiger partial charge < -0.3 is 4.79 Å². The molecule has 0 saturated heterocycles. The molecule has 0 fully saturated rings. The first-order valence-corrected chi connectivity index (χ1v) is 2.39. The highest BCUT2D eigenvalue weighted by atomic mass is 35.5. The van der Waals surface area contributed by atoms with E-state index >= 15 is 0 Å². The molecule has 0 aromatic rings. The van der Waals surface area contributed by atoms with Gasteiger partial charge in [0.25, 0.3) is 0 Å². The Morgan fingerprint density at radius 1 is 1.17 bits per heavy atom. The Kier molecular flexibility index (Phi) is 29.8.